The second kappa shape index (κ2) is 5.09. The third kappa shape index (κ3) is 2.29. The Labute approximate surface area is 118 Å². The summed E-state index contributed by atoms with van der Waals surface area (Å²) in [6, 6.07) is 5.56. The molecule has 1 unspecified atom stereocenters. The molecule has 20 heavy (non-hydrogen) atoms. The molecule has 1 aromatic carbocycles. The summed E-state index contributed by atoms with van der Waals surface area (Å²) in [4.78, 5) is 11.5. The third-order valence-corrected chi connectivity index (χ3v) is 4.66. The van der Waals surface area contributed by atoms with E-state index in [0.717, 1.165) is 29.8 Å². The van der Waals surface area contributed by atoms with Crippen molar-refractivity contribution in [2.45, 2.75) is 38.7 Å². The van der Waals surface area contributed by atoms with Gasteiger partial charge in [0, 0.05) is 7.05 Å². The summed E-state index contributed by atoms with van der Waals surface area (Å²) in [6.45, 7) is 2.27. The van der Waals surface area contributed by atoms with Crippen molar-refractivity contribution in [1.82, 2.24) is 4.57 Å². The quantitative estimate of drug-likeness (QED) is 0.916. The molecular formula is C16H21NO3. The predicted molar refractivity (Wildman–Crippen MR) is 77.5 cm³/mol. The van der Waals surface area contributed by atoms with E-state index in [4.69, 9.17) is 4.42 Å². The molecular weight excluding hydrogens is 254 g/mol. The van der Waals surface area contributed by atoms with Crippen molar-refractivity contribution in [3.8, 4) is 0 Å². The van der Waals surface area contributed by atoms with E-state index in [0.29, 0.717) is 11.5 Å². The molecule has 4 nitrogen and oxygen atoms in total. The maximum atomic E-state index is 11.5. The predicted octanol–water partition coefficient (Wildman–Crippen LogP) is 2.99. The second-order valence-corrected chi connectivity index (χ2v) is 6.12. The zero-order chi connectivity index (χ0) is 14.3. The normalized spacial score (nSPS) is 24.9. The van der Waals surface area contributed by atoms with E-state index in [1.54, 1.807) is 13.1 Å². The van der Waals surface area contributed by atoms with E-state index in [1.807, 2.05) is 12.1 Å². The van der Waals surface area contributed by atoms with Gasteiger partial charge in [0.2, 0.25) is 0 Å². The Bertz CT molecular complexity index is 662. The summed E-state index contributed by atoms with van der Waals surface area (Å²) in [6.07, 6.45) is 4.05. The first kappa shape index (κ1) is 13.4. The second-order valence-electron chi connectivity index (χ2n) is 6.12. The van der Waals surface area contributed by atoms with E-state index in [1.165, 1.54) is 17.4 Å². The molecule has 0 amide bonds. The van der Waals surface area contributed by atoms with Crippen LogP contribution in [0.3, 0.4) is 0 Å². The van der Waals surface area contributed by atoms with Crippen LogP contribution in [0.2, 0.25) is 0 Å². The molecule has 0 bridgehead atoms. The Kier molecular flexibility index (Phi) is 3.42. The van der Waals surface area contributed by atoms with Crippen molar-refractivity contribution < 1.29 is 9.52 Å². The van der Waals surface area contributed by atoms with E-state index in [2.05, 4.69) is 6.92 Å². The van der Waals surface area contributed by atoms with Crippen LogP contribution in [0.15, 0.2) is 27.4 Å². The molecule has 1 N–H and O–H groups in total. The SMILES string of the molecule is CC1CCC(C(O)c2ccc3c(c2)oc(=O)n3C)CC1. The first-order valence-electron chi connectivity index (χ1n) is 7.34. The minimum absolute atomic E-state index is 0.319. The van der Waals surface area contributed by atoms with Crippen molar-refractivity contribution in [1.29, 1.82) is 0 Å². The highest BCUT2D eigenvalue weighted by Gasteiger charge is 2.26. The number of benzene rings is 1. The van der Waals surface area contributed by atoms with Crippen molar-refractivity contribution in [2.24, 2.45) is 18.9 Å². The monoisotopic (exact) mass is 275 g/mol. The fourth-order valence-corrected chi connectivity index (χ4v) is 3.21. The zero-order valence-electron chi connectivity index (χ0n) is 12.0. The smallest absolute Gasteiger partial charge is 0.408 e. The summed E-state index contributed by atoms with van der Waals surface area (Å²) in [5.74, 6) is 0.727. The van der Waals surface area contributed by atoms with Crippen molar-refractivity contribution in [2.75, 3.05) is 0 Å². The standard InChI is InChI=1S/C16H21NO3/c1-10-3-5-11(6-4-10)15(18)12-7-8-13-14(9-12)20-16(19)17(13)2/h7-11,15,18H,3-6H2,1-2H3. The molecule has 1 fully saturated rings. The maximum absolute atomic E-state index is 11.5. The lowest BCUT2D eigenvalue weighted by Gasteiger charge is -2.30. The highest BCUT2D eigenvalue weighted by molar-refractivity contribution is 5.73. The minimum atomic E-state index is -0.461. The van der Waals surface area contributed by atoms with Crippen molar-refractivity contribution in [3.05, 3.63) is 34.3 Å². The number of aliphatic hydroxyl groups is 1. The third-order valence-electron chi connectivity index (χ3n) is 4.66. The lowest BCUT2D eigenvalue weighted by atomic mass is 9.78. The molecule has 1 heterocycles. The highest BCUT2D eigenvalue weighted by Crippen LogP contribution is 2.37. The van der Waals surface area contributed by atoms with E-state index in [9.17, 15) is 9.90 Å². The molecule has 1 aromatic heterocycles. The number of aliphatic hydroxyl groups excluding tert-OH is 1. The molecule has 1 atom stereocenters. The summed E-state index contributed by atoms with van der Waals surface area (Å²) < 4.78 is 6.67. The molecule has 108 valence electrons. The Morgan fingerprint density at radius 3 is 2.70 bits per heavy atom. The summed E-state index contributed by atoms with van der Waals surface area (Å²) >= 11 is 0. The summed E-state index contributed by atoms with van der Waals surface area (Å²) in [5.41, 5.74) is 2.17. The number of aryl methyl sites for hydroxylation is 1. The minimum Gasteiger partial charge on any atom is -0.408 e. The van der Waals surface area contributed by atoms with Crippen molar-refractivity contribution in [3.63, 3.8) is 0 Å². The topological polar surface area (TPSA) is 55.4 Å². The van der Waals surface area contributed by atoms with Crippen LogP contribution in [0.25, 0.3) is 11.1 Å². The molecule has 4 heteroatoms. The van der Waals surface area contributed by atoms with Crippen LogP contribution in [0.5, 0.6) is 0 Å². The van der Waals surface area contributed by atoms with Gasteiger partial charge in [0.25, 0.3) is 0 Å². The highest BCUT2D eigenvalue weighted by atomic mass is 16.4. The van der Waals surface area contributed by atoms with Crippen LogP contribution in [-0.4, -0.2) is 9.67 Å². The van der Waals surface area contributed by atoms with Crippen LogP contribution in [-0.2, 0) is 7.05 Å². The van der Waals surface area contributed by atoms with Crippen LogP contribution in [0, 0.1) is 11.8 Å². The summed E-state index contributed by atoms with van der Waals surface area (Å²) in [5, 5.41) is 10.5. The van der Waals surface area contributed by atoms with Gasteiger partial charge in [-0.15, -0.1) is 0 Å². The largest absolute Gasteiger partial charge is 0.419 e. The summed E-state index contributed by atoms with van der Waals surface area (Å²) in [7, 11) is 1.69. The van der Waals surface area contributed by atoms with E-state index >= 15 is 0 Å². The molecule has 0 aliphatic heterocycles. The van der Waals surface area contributed by atoms with Crippen molar-refractivity contribution >= 4 is 11.1 Å². The number of rotatable bonds is 2. The van der Waals surface area contributed by atoms with E-state index in [-0.39, 0.29) is 5.76 Å². The molecule has 1 aliphatic rings. The number of oxazole rings is 1. The van der Waals surface area contributed by atoms with Gasteiger partial charge in [0.1, 0.15) is 0 Å². The average Bonchev–Trinajstić information content (AvgIpc) is 2.74. The number of hydrogen-bond acceptors (Lipinski definition) is 3. The molecule has 2 aromatic rings. The Hall–Kier alpha value is -1.55. The Morgan fingerprint density at radius 1 is 1.30 bits per heavy atom. The van der Waals surface area contributed by atoms with Crippen LogP contribution < -0.4 is 5.76 Å². The fraction of sp³-hybridized carbons (Fsp3) is 0.562. The van der Waals surface area contributed by atoms with Crippen LogP contribution in [0.1, 0.15) is 44.3 Å². The lowest BCUT2D eigenvalue weighted by Crippen LogP contribution is -2.19. The molecule has 3 rings (SSSR count). The van der Waals surface area contributed by atoms with Gasteiger partial charge in [-0.2, -0.15) is 0 Å². The maximum Gasteiger partial charge on any atom is 0.419 e. The van der Waals surface area contributed by atoms with Gasteiger partial charge in [-0.05, 0) is 42.4 Å². The van der Waals surface area contributed by atoms with Gasteiger partial charge in [-0.1, -0.05) is 25.8 Å². The number of hydrogen-bond donors (Lipinski definition) is 1. The van der Waals surface area contributed by atoms with E-state index < -0.39 is 6.10 Å². The Balaban J connectivity index is 1.88. The lowest BCUT2D eigenvalue weighted by molar-refractivity contribution is 0.0756. The number of nitrogens with zero attached hydrogens (tertiary/aromatic N) is 1. The van der Waals surface area contributed by atoms with Gasteiger partial charge < -0.3 is 9.52 Å². The first-order valence-corrected chi connectivity index (χ1v) is 7.34. The molecule has 1 aliphatic carbocycles. The number of aromatic nitrogens is 1. The van der Waals surface area contributed by atoms with Gasteiger partial charge in [-0.25, -0.2) is 4.79 Å². The number of fused-ring (bicyclic) bond motifs is 1. The first-order chi connectivity index (χ1) is 9.56. The van der Waals surface area contributed by atoms with Gasteiger partial charge >= 0.3 is 5.76 Å². The van der Waals surface area contributed by atoms with Crippen LogP contribution in [0.4, 0.5) is 0 Å². The average molecular weight is 275 g/mol. The van der Waals surface area contributed by atoms with Gasteiger partial charge in [-0.3, -0.25) is 4.57 Å². The molecule has 1 saturated carbocycles. The van der Waals surface area contributed by atoms with Crippen LogP contribution >= 0.6 is 0 Å². The zero-order valence-corrected chi connectivity index (χ0v) is 12.0. The molecule has 0 radical (unpaired) electrons. The fourth-order valence-electron chi connectivity index (χ4n) is 3.21. The van der Waals surface area contributed by atoms with Gasteiger partial charge in [0.15, 0.2) is 5.58 Å². The molecule has 0 spiro atoms. The molecule has 0 saturated heterocycles. The Morgan fingerprint density at radius 2 is 2.00 bits per heavy atom. The van der Waals surface area contributed by atoms with Gasteiger partial charge in [0.05, 0.1) is 11.6 Å².